The fourth-order valence-electron chi connectivity index (χ4n) is 2.79. The maximum absolute atomic E-state index is 5.85. The summed E-state index contributed by atoms with van der Waals surface area (Å²) in [6.07, 6.45) is 5.92. The van der Waals surface area contributed by atoms with Crippen molar-refractivity contribution >= 4 is 0 Å². The topological polar surface area (TPSA) is 83.1 Å². The van der Waals surface area contributed by atoms with E-state index < -0.39 is 0 Å². The van der Waals surface area contributed by atoms with Crippen molar-refractivity contribution in [3.63, 3.8) is 0 Å². The van der Waals surface area contributed by atoms with Gasteiger partial charge in [0.25, 0.3) is 0 Å². The smallest absolute Gasteiger partial charge is 0.0560 e. The van der Waals surface area contributed by atoms with E-state index in [-0.39, 0.29) is 11.6 Å². The van der Waals surface area contributed by atoms with Crippen LogP contribution in [0, 0.1) is 5.41 Å². The fraction of sp³-hybridized carbons (Fsp3) is 0.643. The molecule has 0 spiro atoms. The Hall–Kier alpha value is -0.970. The van der Waals surface area contributed by atoms with Gasteiger partial charge in [0.2, 0.25) is 0 Å². The summed E-state index contributed by atoms with van der Waals surface area (Å²) in [5, 5.41) is 0. The number of aryl methyl sites for hydroxylation is 2. The standard InChI is InChI=1S/C14H20N2O.H3N/c15-8-14(9-17-10-14)7-12-6-5-11-3-1-2-4-13(11)16-12;/h5-6H,1-4,7-10,15H2;1H3. The lowest BCUT2D eigenvalue weighted by atomic mass is 9.81. The second-order valence-corrected chi connectivity index (χ2v) is 5.49. The summed E-state index contributed by atoms with van der Waals surface area (Å²) < 4.78 is 5.31. The maximum Gasteiger partial charge on any atom is 0.0560 e. The van der Waals surface area contributed by atoms with Crippen molar-refractivity contribution in [3.8, 4) is 0 Å². The molecular formula is C14H23N3O. The minimum absolute atomic E-state index is 0. The molecule has 1 aromatic heterocycles. The van der Waals surface area contributed by atoms with E-state index in [1.807, 2.05) is 0 Å². The second-order valence-electron chi connectivity index (χ2n) is 5.49. The van der Waals surface area contributed by atoms with E-state index in [1.165, 1.54) is 36.2 Å². The molecular weight excluding hydrogens is 226 g/mol. The first-order valence-electron chi connectivity index (χ1n) is 6.57. The molecule has 4 nitrogen and oxygen atoms in total. The van der Waals surface area contributed by atoms with Crippen molar-refractivity contribution in [2.24, 2.45) is 11.1 Å². The summed E-state index contributed by atoms with van der Waals surface area (Å²) in [6.45, 7) is 2.29. The van der Waals surface area contributed by atoms with E-state index in [0.29, 0.717) is 6.54 Å². The van der Waals surface area contributed by atoms with Gasteiger partial charge in [-0.05, 0) is 37.3 Å². The zero-order chi connectivity index (χ0) is 11.7. The molecule has 5 N–H and O–H groups in total. The van der Waals surface area contributed by atoms with Gasteiger partial charge in [-0.3, -0.25) is 4.98 Å². The Morgan fingerprint density at radius 1 is 1.22 bits per heavy atom. The number of hydrogen-bond donors (Lipinski definition) is 2. The lowest BCUT2D eigenvalue weighted by Crippen LogP contribution is -2.50. The SMILES string of the molecule is N.NCC1(Cc2ccc3c(n2)CCCC3)COC1. The predicted molar refractivity (Wildman–Crippen MR) is 71.9 cm³/mol. The monoisotopic (exact) mass is 249 g/mol. The van der Waals surface area contributed by atoms with Gasteiger partial charge in [0.1, 0.15) is 0 Å². The molecule has 0 atom stereocenters. The van der Waals surface area contributed by atoms with E-state index in [2.05, 4.69) is 12.1 Å². The van der Waals surface area contributed by atoms with Crippen LogP contribution in [-0.2, 0) is 24.0 Å². The van der Waals surface area contributed by atoms with Crippen LogP contribution in [-0.4, -0.2) is 24.7 Å². The molecule has 0 bridgehead atoms. The Balaban J connectivity index is 0.00000120. The van der Waals surface area contributed by atoms with Gasteiger partial charge in [-0.15, -0.1) is 0 Å². The Kier molecular flexibility index (Phi) is 4.00. The van der Waals surface area contributed by atoms with Gasteiger partial charge < -0.3 is 16.6 Å². The summed E-state index contributed by atoms with van der Waals surface area (Å²) in [4.78, 5) is 4.82. The van der Waals surface area contributed by atoms with Crippen molar-refractivity contribution in [2.45, 2.75) is 32.1 Å². The van der Waals surface area contributed by atoms with Crippen LogP contribution in [0.3, 0.4) is 0 Å². The molecule has 0 saturated carbocycles. The van der Waals surface area contributed by atoms with Gasteiger partial charge >= 0.3 is 0 Å². The molecule has 100 valence electrons. The number of fused-ring (bicyclic) bond motifs is 1. The summed E-state index contributed by atoms with van der Waals surface area (Å²) in [6, 6.07) is 4.44. The Bertz CT molecular complexity index is 410. The molecule has 2 heterocycles. The third kappa shape index (κ3) is 2.41. The Labute approximate surface area is 109 Å². The predicted octanol–water partition coefficient (Wildman–Crippen LogP) is 1.64. The van der Waals surface area contributed by atoms with Crippen LogP contribution < -0.4 is 11.9 Å². The normalized spacial score (nSPS) is 20.5. The summed E-state index contributed by atoms with van der Waals surface area (Å²) in [5.41, 5.74) is 9.97. The largest absolute Gasteiger partial charge is 0.380 e. The average Bonchev–Trinajstić information content (AvgIpc) is 2.34. The van der Waals surface area contributed by atoms with Crippen LogP contribution in [0.1, 0.15) is 29.8 Å². The van der Waals surface area contributed by atoms with Crippen LogP contribution in [0.2, 0.25) is 0 Å². The zero-order valence-corrected chi connectivity index (χ0v) is 11.0. The Morgan fingerprint density at radius 3 is 2.67 bits per heavy atom. The molecule has 1 fully saturated rings. The van der Waals surface area contributed by atoms with Gasteiger partial charge in [0.05, 0.1) is 13.2 Å². The molecule has 4 heteroatoms. The van der Waals surface area contributed by atoms with Crippen molar-refractivity contribution in [1.29, 1.82) is 0 Å². The summed E-state index contributed by atoms with van der Waals surface area (Å²) in [7, 11) is 0. The number of hydrogen-bond acceptors (Lipinski definition) is 4. The van der Waals surface area contributed by atoms with Gasteiger partial charge in [-0.25, -0.2) is 0 Å². The maximum atomic E-state index is 5.85. The van der Waals surface area contributed by atoms with E-state index in [0.717, 1.165) is 26.1 Å². The van der Waals surface area contributed by atoms with Gasteiger partial charge in [0, 0.05) is 29.8 Å². The molecule has 18 heavy (non-hydrogen) atoms. The first-order chi connectivity index (χ1) is 8.31. The highest BCUT2D eigenvalue weighted by atomic mass is 16.5. The number of nitrogens with two attached hydrogens (primary N) is 1. The molecule has 0 radical (unpaired) electrons. The van der Waals surface area contributed by atoms with Crippen LogP contribution in [0.4, 0.5) is 0 Å². The van der Waals surface area contributed by atoms with E-state index in [9.17, 15) is 0 Å². The number of nitrogens with zero attached hydrogens (tertiary/aromatic N) is 1. The molecule has 0 aromatic carbocycles. The molecule has 2 aliphatic rings. The Morgan fingerprint density at radius 2 is 2.00 bits per heavy atom. The zero-order valence-electron chi connectivity index (χ0n) is 11.0. The second kappa shape index (κ2) is 5.34. The fourth-order valence-corrected chi connectivity index (χ4v) is 2.79. The first-order valence-corrected chi connectivity index (χ1v) is 6.57. The highest BCUT2D eigenvalue weighted by Crippen LogP contribution is 2.30. The number of rotatable bonds is 3. The molecule has 1 aromatic rings. The molecule has 0 unspecified atom stereocenters. The van der Waals surface area contributed by atoms with Crippen LogP contribution in [0.5, 0.6) is 0 Å². The molecule has 0 amide bonds. The molecule has 1 saturated heterocycles. The van der Waals surface area contributed by atoms with Crippen molar-refractivity contribution < 1.29 is 4.74 Å². The first kappa shape index (κ1) is 13.5. The third-order valence-corrected chi connectivity index (χ3v) is 4.04. The van der Waals surface area contributed by atoms with Crippen molar-refractivity contribution in [3.05, 3.63) is 29.1 Å². The summed E-state index contributed by atoms with van der Waals surface area (Å²) >= 11 is 0. The minimum Gasteiger partial charge on any atom is -0.380 e. The molecule has 1 aliphatic carbocycles. The van der Waals surface area contributed by atoms with E-state index >= 15 is 0 Å². The lowest BCUT2D eigenvalue weighted by molar-refractivity contribution is -0.106. The van der Waals surface area contributed by atoms with Crippen LogP contribution in [0.25, 0.3) is 0 Å². The lowest BCUT2D eigenvalue weighted by Gasteiger charge is -2.40. The molecule has 3 rings (SSSR count). The van der Waals surface area contributed by atoms with E-state index in [1.54, 1.807) is 0 Å². The van der Waals surface area contributed by atoms with Crippen molar-refractivity contribution in [2.75, 3.05) is 19.8 Å². The molecule has 1 aliphatic heterocycles. The highest BCUT2D eigenvalue weighted by molar-refractivity contribution is 5.26. The van der Waals surface area contributed by atoms with Crippen LogP contribution in [0.15, 0.2) is 12.1 Å². The van der Waals surface area contributed by atoms with Crippen molar-refractivity contribution in [1.82, 2.24) is 11.1 Å². The average molecular weight is 249 g/mol. The van der Waals surface area contributed by atoms with Crippen LogP contribution >= 0.6 is 0 Å². The third-order valence-electron chi connectivity index (χ3n) is 4.04. The van der Waals surface area contributed by atoms with Gasteiger partial charge in [0.15, 0.2) is 0 Å². The highest BCUT2D eigenvalue weighted by Gasteiger charge is 2.37. The number of ether oxygens (including phenoxy) is 1. The van der Waals surface area contributed by atoms with E-state index in [4.69, 9.17) is 15.5 Å². The number of pyridine rings is 1. The quantitative estimate of drug-likeness (QED) is 0.853. The number of aromatic nitrogens is 1. The summed E-state index contributed by atoms with van der Waals surface area (Å²) in [5.74, 6) is 0. The minimum atomic E-state index is 0. The van der Waals surface area contributed by atoms with Gasteiger partial charge in [-0.1, -0.05) is 6.07 Å². The van der Waals surface area contributed by atoms with Gasteiger partial charge in [-0.2, -0.15) is 0 Å².